The number of nitrogens with zero attached hydrogens (tertiary/aromatic N) is 3. The van der Waals surface area contributed by atoms with Gasteiger partial charge in [0.2, 0.25) is 6.79 Å². The quantitative estimate of drug-likeness (QED) is 0.697. The van der Waals surface area contributed by atoms with Crippen LogP contribution in [0.3, 0.4) is 0 Å². The molecule has 5 rings (SSSR count). The van der Waals surface area contributed by atoms with Gasteiger partial charge in [-0.2, -0.15) is 5.10 Å². The molecular formula is C24H28N4O2. The lowest BCUT2D eigenvalue weighted by Gasteiger charge is -2.34. The monoisotopic (exact) mass is 404 g/mol. The first kappa shape index (κ1) is 19.0. The summed E-state index contributed by atoms with van der Waals surface area (Å²) < 4.78 is 13.0. The summed E-state index contributed by atoms with van der Waals surface area (Å²) in [4.78, 5) is 2.43. The van der Waals surface area contributed by atoms with Crippen LogP contribution in [0.1, 0.15) is 29.8 Å². The van der Waals surface area contributed by atoms with Crippen molar-refractivity contribution in [2.45, 2.75) is 39.3 Å². The molecule has 3 heterocycles. The zero-order chi connectivity index (χ0) is 20.5. The van der Waals surface area contributed by atoms with Crippen molar-refractivity contribution in [3.05, 3.63) is 65.5 Å². The Hall–Kier alpha value is -2.99. The van der Waals surface area contributed by atoms with E-state index in [4.69, 9.17) is 14.6 Å². The van der Waals surface area contributed by atoms with Crippen LogP contribution in [-0.4, -0.2) is 35.7 Å². The molecule has 1 fully saturated rings. The standard InChI is InChI=1S/C24H28N4O2/c1-17-22(18(2)28(26-17)20-6-4-3-5-7-20)15-25-19-10-12-27(13-11-19)21-8-9-23-24(14-21)30-16-29-23/h3-9,14,19,25H,10-13,15-16H2,1-2H3. The highest BCUT2D eigenvalue weighted by Crippen LogP contribution is 2.36. The lowest BCUT2D eigenvalue weighted by Crippen LogP contribution is -2.42. The Bertz CT molecular complexity index is 1020. The van der Waals surface area contributed by atoms with Crippen molar-refractivity contribution in [1.29, 1.82) is 0 Å². The third-order valence-electron chi connectivity index (χ3n) is 6.23. The van der Waals surface area contributed by atoms with Gasteiger partial charge in [-0.3, -0.25) is 0 Å². The van der Waals surface area contributed by atoms with Crippen LogP contribution in [0.25, 0.3) is 5.69 Å². The molecule has 2 aliphatic heterocycles. The van der Waals surface area contributed by atoms with E-state index in [1.54, 1.807) is 0 Å². The molecule has 0 spiro atoms. The predicted molar refractivity (Wildman–Crippen MR) is 118 cm³/mol. The van der Waals surface area contributed by atoms with E-state index in [0.29, 0.717) is 12.8 Å². The van der Waals surface area contributed by atoms with E-state index in [9.17, 15) is 0 Å². The first-order valence-electron chi connectivity index (χ1n) is 10.7. The lowest BCUT2D eigenvalue weighted by atomic mass is 10.0. The molecule has 6 heteroatoms. The summed E-state index contributed by atoms with van der Waals surface area (Å²) in [5, 5.41) is 8.54. The average molecular weight is 405 g/mol. The number of aryl methyl sites for hydroxylation is 1. The lowest BCUT2D eigenvalue weighted by molar-refractivity contribution is 0.174. The van der Waals surface area contributed by atoms with Crippen LogP contribution < -0.4 is 19.7 Å². The molecular weight excluding hydrogens is 376 g/mol. The van der Waals surface area contributed by atoms with Crippen molar-refractivity contribution < 1.29 is 9.47 Å². The molecule has 156 valence electrons. The number of anilines is 1. The number of ether oxygens (including phenoxy) is 2. The fourth-order valence-corrected chi connectivity index (χ4v) is 4.42. The van der Waals surface area contributed by atoms with E-state index < -0.39 is 0 Å². The molecule has 0 amide bonds. The fraction of sp³-hybridized carbons (Fsp3) is 0.375. The van der Waals surface area contributed by atoms with E-state index in [1.165, 1.54) is 16.9 Å². The van der Waals surface area contributed by atoms with Crippen LogP contribution in [0, 0.1) is 13.8 Å². The number of nitrogens with one attached hydrogen (secondary N) is 1. The minimum Gasteiger partial charge on any atom is -0.454 e. The van der Waals surface area contributed by atoms with Gasteiger partial charge in [0.1, 0.15) is 0 Å². The van der Waals surface area contributed by atoms with Crippen LogP contribution in [0.15, 0.2) is 48.5 Å². The average Bonchev–Trinajstić information content (AvgIpc) is 3.37. The van der Waals surface area contributed by atoms with E-state index >= 15 is 0 Å². The van der Waals surface area contributed by atoms with Gasteiger partial charge in [0, 0.05) is 48.7 Å². The van der Waals surface area contributed by atoms with Crippen LogP contribution in [0.5, 0.6) is 11.5 Å². The summed E-state index contributed by atoms with van der Waals surface area (Å²) in [5.41, 5.74) is 5.94. The molecule has 2 aliphatic rings. The van der Waals surface area contributed by atoms with Crippen LogP contribution in [0.4, 0.5) is 5.69 Å². The van der Waals surface area contributed by atoms with Crippen LogP contribution >= 0.6 is 0 Å². The van der Waals surface area contributed by atoms with Gasteiger partial charge in [0.25, 0.3) is 0 Å². The zero-order valence-electron chi connectivity index (χ0n) is 17.6. The van der Waals surface area contributed by atoms with Gasteiger partial charge in [-0.05, 0) is 51.0 Å². The minimum absolute atomic E-state index is 0.324. The van der Waals surface area contributed by atoms with Gasteiger partial charge in [-0.15, -0.1) is 0 Å². The van der Waals surface area contributed by atoms with Gasteiger partial charge >= 0.3 is 0 Å². The van der Waals surface area contributed by atoms with E-state index in [2.05, 4.69) is 65.1 Å². The van der Waals surface area contributed by atoms with Crippen LogP contribution in [-0.2, 0) is 6.54 Å². The first-order chi connectivity index (χ1) is 14.7. The summed E-state index contributed by atoms with van der Waals surface area (Å²) in [6.07, 6.45) is 2.25. The maximum Gasteiger partial charge on any atom is 0.231 e. The number of para-hydroxylation sites is 1. The van der Waals surface area contributed by atoms with Gasteiger partial charge in [-0.25, -0.2) is 4.68 Å². The number of hydrogen-bond acceptors (Lipinski definition) is 5. The molecule has 0 atom stereocenters. The first-order valence-corrected chi connectivity index (χ1v) is 10.7. The second-order valence-corrected chi connectivity index (χ2v) is 8.08. The minimum atomic E-state index is 0.324. The number of benzene rings is 2. The molecule has 1 aromatic heterocycles. The van der Waals surface area contributed by atoms with Gasteiger partial charge in [-0.1, -0.05) is 18.2 Å². The van der Waals surface area contributed by atoms with Crippen molar-refractivity contribution in [1.82, 2.24) is 15.1 Å². The third-order valence-corrected chi connectivity index (χ3v) is 6.23. The highest BCUT2D eigenvalue weighted by molar-refractivity contribution is 5.57. The van der Waals surface area contributed by atoms with E-state index in [1.807, 2.05) is 12.1 Å². The molecule has 2 aromatic carbocycles. The highest BCUT2D eigenvalue weighted by atomic mass is 16.7. The molecule has 3 aromatic rings. The van der Waals surface area contributed by atoms with Gasteiger partial charge in [0.05, 0.1) is 11.4 Å². The highest BCUT2D eigenvalue weighted by Gasteiger charge is 2.22. The van der Waals surface area contributed by atoms with Crippen LogP contribution in [0.2, 0.25) is 0 Å². The Morgan fingerprint density at radius 3 is 2.53 bits per heavy atom. The third kappa shape index (κ3) is 3.63. The maximum atomic E-state index is 5.53. The maximum absolute atomic E-state index is 5.53. The molecule has 6 nitrogen and oxygen atoms in total. The van der Waals surface area contributed by atoms with Crippen molar-refractivity contribution in [3.63, 3.8) is 0 Å². The zero-order valence-corrected chi connectivity index (χ0v) is 17.6. The second-order valence-electron chi connectivity index (χ2n) is 8.08. The summed E-state index contributed by atoms with van der Waals surface area (Å²) in [6, 6.07) is 17.1. The molecule has 0 aliphatic carbocycles. The Kier molecular flexibility index (Phi) is 5.09. The van der Waals surface area contributed by atoms with Crippen molar-refractivity contribution >= 4 is 5.69 Å². The predicted octanol–water partition coefficient (Wildman–Crippen LogP) is 3.98. The second kappa shape index (κ2) is 8.03. The Morgan fingerprint density at radius 2 is 1.73 bits per heavy atom. The van der Waals surface area contributed by atoms with Crippen molar-refractivity contribution in [3.8, 4) is 17.2 Å². The SMILES string of the molecule is Cc1nn(-c2ccccc2)c(C)c1CNC1CCN(c2ccc3c(c2)OCO3)CC1. The molecule has 1 saturated heterocycles. The summed E-state index contributed by atoms with van der Waals surface area (Å²) in [7, 11) is 0. The number of rotatable bonds is 5. The summed E-state index contributed by atoms with van der Waals surface area (Å²) in [6.45, 7) is 7.53. The number of fused-ring (bicyclic) bond motifs is 1. The molecule has 1 N–H and O–H groups in total. The molecule has 30 heavy (non-hydrogen) atoms. The van der Waals surface area contributed by atoms with E-state index in [0.717, 1.165) is 55.4 Å². The summed E-state index contributed by atoms with van der Waals surface area (Å²) >= 11 is 0. The smallest absolute Gasteiger partial charge is 0.231 e. The van der Waals surface area contributed by atoms with Crippen molar-refractivity contribution in [2.75, 3.05) is 24.8 Å². The number of piperidine rings is 1. The number of aromatic nitrogens is 2. The molecule has 0 saturated carbocycles. The van der Waals surface area contributed by atoms with Gasteiger partial charge < -0.3 is 19.7 Å². The largest absolute Gasteiger partial charge is 0.454 e. The fourth-order valence-electron chi connectivity index (χ4n) is 4.42. The summed E-state index contributed by atoms with van der Waals surface area (Å²) in [5.74, 6) is 1.70. The Balaban J connectivity index is 1.19. The molecule has 0 unspecified atom stereocenters. The van der Waals surface area contributed by atoms with E-state index in [-0.39, 0.29) is 0 Å². The molecule has 0 radical (unpaired) electrons. The Morgan fingerprint density at radius 1 is 0.967 bits per heavy atom. The number of hydrogen-bond donors (Lipinski definition) is 1. The normalized spacial score (nSPS) is 16.3. The topological polar surface area (TPSA) is 51.6 Å². The van der Waals surface area contributed by atoms with Crippen molar-refractivity contribution in [2.24, 2.45) is 0 Å². The Labute approximate surface area is 177 Å². The van der Waals surface area contributed by atoms with Gasteiger partial charge in [0.15, 0.2) is 11.5 Å². The molecule has 0 bridgehead atoms.